The lowest BCUT2D eigenvalue weighted by atomic mass is 9.77. The first-order chi connectivity index (χ1) is 11.2. The molecule has 24 heavy (non-hydrogen) atoms. The highest BCUT2D eigenvalue weighted by atomic mass is 16.7. The molecule has 0 amide bonds. The van der Waals surface area contributed by atoms with E-state index in [1.807, 2.05) is 58.8 Å². The van der Waals surface area contributed by atoms with Crippen LogP contribution in [0.25, 0.3) is 10.9 Å². The van der Waals surface area contributed by atoms with Crippen molar-refractivity contribution in [3.05, 3.63) is 18.3 Å². The monoisotopic (exact) mass is 329 g/mol. The molecule has 2 aromatic rings. The molecule has 128 valence electrons. The molecule has 1 saturated heterocycles. The lowest BCUT2D eigenvalue weighted by Gasteiger charge is -2.32. The highest BCUT2D eigenvalue weighted by molar-refractivity contribution is 6.65. The zero-order valence-corrected chi connectivity index (χ0v) is 15.4. The topological polar surface area (TPSA) is 56.7 Å². The van der Waals surface area contributed by atoms with Gasteiger partial charge in [0, 0.05) is 25.7 Å². The molecule has 0 saturated carbocycles. The van der Waals surface area contributed by atoms with Gasteiger partial charge in [0.05, 0.1) is 18.3 Å². The third-order valence-electron chi connectivity index (χ3n) is 4.86. The van der Waals surface area contributed by atoms with E-state index in [2.05, 4.69) is 9.97 Å². The summed E-state index contributed by atoms with van der Waals surface area (Å²) in [5, 5.41) is 0.874. The van der Waals surface area contributed by atoms with Crippen LogP contribution in [0, 0.1) is 0 Å². The van der Waals surface area contributed by atoms with E-state index >= 15 is 0 Å². The van der Waals surface area contributed by atoms with Crippen LogP contribution in [0.2, 0.25) is 0 Å². The fraction of sp³-hybridized carbons (Fsp3) is 0.529. The van der Waals surface area contributed by atoms with Gasteiger partial charge in [-0.1, -0.05) is 6.07 Å². The number of methoxy groups -OCH3 is 1. The number of aromatic nitrogens is 2. The van der Waals surface area contributed by atoms with E-state index in [1.165, 1.54) is 0 Å². The molecule has 7 heteroatoms. The maximum Gasteiger partial charge on any atom is 0.495 e. The molecule has 1 aliphatic heterocycles. The van der Waals surface area contributed by atoms with Crippen LogP contribution >= 0.6 is 0 Å². The van der Waals surface area contributed by atoms with Crippen molar-refractivity contribution in [3.63, 3.8) is 0 Å². The number of fused-ring (bicyclic) bond motifs is 1. The Morgan fingerprint density at radius 3 is 2.25 bits per heavy atom. The third-order valence-corrected chi connectivity index (χ3v) is 4.86. The van der Waals surface area contributed by atoms with Gasteiger partial charge in [-0.3, -0.25) is 0 Å². The van der Waals surface area contributed by atoms with Gasteiger partial charge >= 0.3 is 7.12 Å². The summed E-state index contributed by atoms with van der Waals surface area (Å²) < 4.78 is 17.8. The van der Waals surface area contributed by atoms with E-state index < -0.39 is 18.3 Å². The van der Waals surface area contributed by atoms with Gasteiger partial charge in [0.15, 0.2) is 0 Å². The average molecular weight is 329 g/mol. The standard InChI is InChI=1S/C17H24BN3O3/c1-16(2)17(3,4)24-18(23-16)12-8-9-13(22-7)14-11(12)10-19-15(20-14)21(5)6/h8-10H,1-7H3. The molecule has 1 aliphatic rings. The highest BCUT2D eigenvalue weighted by Crippen LogP contribution is 2.37. The highest BCUT2D eigenvalue weighted by Gasteiger charge is 2.52. The lowest BCUT2D eigenvalue weighted by molar-refractivity contribution is 0.00578. The molecule has 1 aromatic carbocycles. The van der Waals surface area contributed by atoms with E-state index in [1.54, 1.807) is 13.3 Å². The zero-order chi connectivity index (χ0) is 17.7. The molecule has 0 atom stereocenters. The Morgan fingerprint density at radius 1 is 1.08 bits per heavy atom. The smallest absolute Gasteiger partial charge is 0.494 e. The van der Waals surface area contributed by atoms with Crippen molar-refractivity contribution >= 4 is 29.4 Å². The van der Waals surface area contributed by atoms with Crippen molar-refractivity contribution in [2.45, 2.75) is 38.9 Å². The quantitative estimate of drug-likeness (QED) is 0.803. The summed E-state index contributed by atoms with van der Waals surface area (Å²) in [5.74, 6) is 1.34. The summed E-state index contributed by atoms with van der Waals surface area (Å²) in [7, 11) is 5.00. The first kappa shape index (κ1) is 17.0. The van der Waals surface area contributed by atoms with E-state index in [0.717, 1.165) is 16.4 Å². The molecule has 1 aromatic heterocycles. The molecule has 1 fully saturated rings. The Kier molecular flexibility index (Phi) is 3.96. The van der Waals surface area contributed by atoms with Crippen LogP contribution in [0.3, 0.4) is 0 Å². The van der Waals surface area contributed by atoms with Crippen LogP contribution in [0.4, 0.5) is 5.95 Å². The van der Waals surface area contributed by atoms with Crippen molar-refractivity contribution in [2.75, 3.05) is 26.1 Å². The van der Waals surface area contributed by atoms with Gasteiger partial charge in [-0.05, 0) is 39.2 Å². The van der Waals surface area contributed by atoms with E-state index in [-0.39, 0.29) is 0 Å². The van der Waals surface area contributed by atoms with Crippen LogP contribution in [0.1, 0.15) is 27.7 Å². The molecular formula is C17H24BN3O3. The second-order valence-corrected chi connectivity index (χ2v) is 7.27. The largest absolute Gasteiger partial charge is 0.495 e. The second kappa shape index (κ2) is 5.60. The Morgan fingerprint density at radius 2 is 1.71 bits per heavy atom. The molecule has 3 rings (SSSR count). The normalized spacial score (nSPS) is 18.9. The van der Waals surface area contributed by atoms with Crippen molar-refractivity contribution in [2.24, 2.45) is 0 Å². The van der Waals surface area contributed by atoms with Gasteiger partial charge < -0.3 is 18.9 Å². The molecule has 0 bridgehead atoms. The predicted octanol–water partition coefficient (Wildman–Crippen LogP) is 2.00. The molecule has 0 N–H and O–H groups in total. The van der Waals surface area contributed by atoms with Crippen LogP contribution in [0.15, 0.2) is 18.3 Å². The summed E-state index contributed by atoms with van der Waals surface area (Å²) in [5.41, 5.74) is 0.876. The summed E-state index contributed by atoms with van der Waals surface area (Å²) in [6, 6.07) is 3.86. The fourth-order valence-corrected chi connectivity index (χ4v) is 2.66. The second-order valence-electron chi connectivity index (χ2n) is 7.27. The van der Waals surface area contributed by atoms with Gasteiger partial charge in [0.2, 0.25) is 5.95 Å². The molecule has 6 nitrogen and oxygen atoms in total. The van der Waals surface area contributed by atoms with Crippen LogP contribution in [-0.2, 0) is 9.31 Å². The number of hydrogen-bond donors (Lipinski definition) is 0. The van der Waals surface area contributed by atoms with Crippen LogP contribution < -0.4 is 15.1 Å². The minimum Gasteiger partial charge on any atom is -0.494 e. The molecule has 0 unspecified atom stereocenters. The molecule has 0 radical (unpaired) electrons. The number of anilines is 1. The lowest BCUT2D eigenvalue weighted by Crippen LogP contribution is -2.41. The number of ether oxygens (including phenoxy) is 1. The third kappa shape index (κ3) is 2.61. The van der Waals surface area contributed by atoms with Crippen LogP contribution in [-0.4, -0.2) is 49.5 Å². The van der Waals surface area contributed by atoms with Gasteiger partial charge in [-0.15, -0.1) is 0 Å². The first-order valence-electron chi connectivity index (χ1n) is 8.03. The number of benzene rings is 1. The van der Waals surface area contributed by atoms with Crippen molar-refractivity contribution in [3.8, 4) is 5.75 Å². The first-order valence-corrected chi connectivity index (χ1v) is 8.03. The molecule has 0 spiro atoms. The zero-order valence-electron chi connectivity index (χ0n) is 15.4. The van der Waals surface area contributed by atoms with Gasteiger partial charge in [-0.2, -0.15) is 0 Å². The Labute approximate surface area is 143 Å². The van der Waals surface area contributed by atoms with E-state index in [9.17, 15) is 0 Å². The van der Waals surface area contributed by atoms with E-state index in [0.29, 0.717) is 11.7 Å². The number of hydrogen-bond acceptors (Lipinski definition) is 6. The average Bonchev–Trinajstić information content (AvgIpc) is 2.73. The Bertz CT molecular complexity index is 761. The molecular weight excluding hydrogens is 305 g/mol. The molecule has 0 aliphatic carbocycles. The van der Waals surface area contributed by atoms with Gasteiger partial charge in [-0.25, -0.2) is 9.97 Å². The van der Waals surface area contributed by atoms with Crippen LogP contribution in [0.5, 0.6) is 5.75 Å². The number of nitrogens with zero attached hydrogens (tertiary/aromatic N) is 3. The minimum atomic E-state index is -0.461. The summed E-state index contributed by atoms with van der Waals surface area (Å²) in [6.45, 7) is 8.16. The van der Waals surface area contributed by atoms with Crippen molar-refractivity contribution in [1.29, 1.82) is 0 Å². The summed E-state index contributed by atoms with van der Waals surface area (Å²) in [6.07, 6.45) is 1.81. The van der Waals surface area contributed by atoms with Gasteiger partial charge in [0.1, 0.15) is 11.3 Å². The predicted molar refractivity (Wildman–Crippen MR) is 96.1 cm³/mol. The fourth-order valence-electron chi connectivity index (χ4n) is 2.66. The Hall–Kier alpha value is -1.86. The maximum atomic E-state index is 6.18. The summed E-state index contributed by atoms with van der Waals surface area (Å²) in [4.78, 5) is 10.9. The van der Waals surface area contributed by atoms with E-state index in [4.69, 9.17) is 14.0 Å². The van der Waals surface area contributed by atoms with Crippen molar-refractivity contribution in [1.82, 2.24) is 9.97 Å². The SMILES string of the molecule is COc1ccc(B2OC(C)(C)C(C)(C)O2)c2cnc(N(C)C)nc12. The van der Waals surface area contributed by atoms with Crippen molar-refractivity contribution < 1.29 is 14.0 Å². The Balaban J connectivity index is 2.13. The summed E-state index contributed by atoms with van der Waals surface area (Å²) >= 11 is 0. The van der Waals surface area contributed by atoms with Gasteiger partial charge in [0.25, 0.3) is 0 Å². The molecule has 2 heterocycles. The maximum absolute atomic E-state index is 6.18. The number of rotatable bonds is 3. The minimum absolute atomic E-state index is 0.394.